The molecule has 0 spiro atoms. The zero-order valence-corrected chi connectivity index (χ0v) is 9.72. The van der Waals surface area contributed by atoms with Gasteiger partial charge in [0.15, 0.2) is 0 Å². The SMILES string of the molecule is Cc1ccc(S(=O)(=O)NN=BCCl)cc1. The van der Waals surface area contributed by atoms with Gasteiger partial charge in [0.1, 0.15) is 0 Å². The van der Waals surface area contributed by atoms with E-state index in [2.05, 4.69) is 9.84 Å². The Bertz CT molecular complexity index is 444. The third kappa shape index (κ3) is 3.64. The minimum atomic E-state index is -3.56. The second-order valence-corrected chi connectivity index (χ2v) is 4.84. The van der Waals surface area contributed by atoms with E-state index >= 15 is 0 Å². The monoisotopic (exact) mass is 244 g/mol. The molecule has 0 fully saturated rings. The number of alkyl halides is 1. The number of hydrogen-bond donors (Lipinski definition) is 1. The second-order valence-electron chi connectivity index (χ2n) is 2.87. The average Bonchev–Trinajstić information content (AvgIpc) is 2.18. The summed E-state index contributed by atoms with van der Waals surface area (Å²) >= 11 is 5.31. The number of nitrogens with zero attached hydrogens (tertiary/aromatic N) is 1. The topological polar surface area (TPSA) is 58.5 Å². The Morgan fingerprint density at radius 1 is 1.40 bits per heavy atom. The number of sulfonamides is 1. The van der Waals surface area contributed by atoms with Gasteiger partial charge in [0.05, 0.1) is 0 Å². The van der Waals surface area contributed by atoms with E-state index < -0.39 is 10.0 Å². The molecule has 1 rings (SSSR count). The fourth-order valence-electron chi connectivity index (χ4n) is 0.911. The summed E-state index contributed by atoms with van der Waals surface area (Å²) < 4.78 is 23.1. The summed E-state index contributed by atoms with van der Waals surface area (Å²) in [7, 11) is -2.28. The van der Waals surface area contributed by atoms with Gasteiger partial charge >= 0.3 is 94.4 Å². The van der Waals surface area contributed by atoms with E-state index in [-0.39, 0.29) is 10.7 Å². The third-order valence-corrected chi connectivity index (χ3v) is 3.04. The molecule has 0 amide bonds. The van der Waals surface area contributed by atoms with Gasteiger partial charge in [-0.3, -0.25) is 0 Å². The van der Waals surface area contributed by atoms with Gasteiger partial charge in [-0.1, -0.05) is 0 Å². The normalized spacial score (nSPS) is 11.3. The van der Waals surface area contributed by atoms with Crippen LogP contribution in [0.15, 0.2) is 34.2 Å². The number of benzene rings is 1. The molecule has 1 aromatic rings. The summed E-state index contributed by atoms with van der Waals surface area (Å²) in [6.07, 6.45) is 0. The van der Waals surface area contributed by atoms with Crippen molar-refractivity contribution >= 4 is 28.7 Å². The first kappa shape index (κ1) is 12.2. The molecule has 0 bridgehead atoms. The Morgan fingerprint density at radius 2 is 2.00 bits per heavy atom. The molecule has 0 saturated heterocycles. The van der Waals surface area contributed by atoms with Crippen LogP contribution in [0.25, 0.3) is 0 Å². The first-order chi connectivity index (χ1) is 7.06. The third-order valence-electron chi connectivity index (χ3n) is 1.66. The van der Waals surface area contributed by atoms with Gasteiger partial charge in [-0.2, -0.15) is 0 Å². The Morgan fingerprint density at radius 3 is 2.53 bits per heavy atom. The van der Waals surface area contributed by atoms with E-state index in [4.69, 9.17) is 11.6 Å². The van der Waals surface area contributed by atoms with Crippen LogP contribution in [0.3, 0.4) is 0 Å². The molecular formula is C8H10BClN2O2S. The van der Waals surface area contributed by atoms with Crippen molar-refractivity contribution in [1.29, 1.82) is 0 Å². The summed E-state index contributed by atoms with van der Waals surface area (Å²) in [6, 6.07) is 6.49. The fourth-order valence-corrected chi connectivity index (χ4v) is 1.79. The molecule has 15 heavy (non-hydrogen) atoms. The number of rotatable bonds is 4. The van der Waals surface area contributed by atoms with E-state index in [9.17, 15) is 8.42 Å². The van der Waals surface area contributed by atoms with Crippen molar-refractivity contribution in [3.05, 3.63) is 29.8 Å². The van der Waals surface area contributed by atoms with E-state index in [1.165, 1.54) is 19.2 Å². The van der Waals surface area contributed by atoms with Crippen molar-refractivity contribution in [2.45, 2.75) is 11.8 Å². The van der Waals surface area contributed by atoms with Gasteiger partial charge in [-0.05, 0) is 0 Å². The molecule has 1 aromatic carbocycles. The molecular weight excluding hydrogens is 234 g/mol. The molecule has 0 atom stereocenters. The maximum absolute atomic E-state index is 11.6. The molecule has 0 unspecified atom stereocenters. The predicted molar refractivity (Wildman–Crippen MR) is 60.4 cm³/mol. The van der Waals surface area contributed by atoms with Crippen LogP contribution in [0.1, 0.15) is 5.56 Å². The van der Waals surface area contributed by atoms with Crippen LogP contribution in [-0.4, -0.2) is 21.3 Å². The van der Waals surface area contributed by atoms with Gasteiger partial charge < -0.3 is 0 Å². The number of halogens is 1. The van der Waals surface area contributed by atoms with Crippen molar-refractivity contribution in [3.8, 4) is 0 Å². The Hall–Kier alpha value is -0.875. The molecule has 0 radical (unpaired) electrons. The molecule has 4 nitrogen and oxygen atoms in total. The van der Waals surface area contributed by atoms with Crippen molar-refractivity contribution < 1.29 is 8.42 Å². The molecule has 0 aliphatic rings. The first-order valence-electron chi connectivity index (χ1n) is 4.22. The predicted octanol–water partition coefficient (Wildman–Crippen LogP) is 1.27. The van der Waals surface area contributed by atoms with Crippen LogP contribution in [-0.2, 0) is 10.0 Å². The van der Waals surface area contributed by atoms with Gasteiger partial charge in [0, 0.05) is 0 Å². The van der Waals surface area contributed by atoms with Gasteiger partial charge in [-0.15, -0.1) is 0 Å². The molecule has 0 aliphatic carbocycles. The van der Waals surface area contributed by atoms with Crippen LogP contribution in [0.2, 0.25) is 0 Å². The summed E-state index contributed by atoms with van der Waals surface area (Å²) in [4.78, 5) is 2.23. The average molecular weight is 245 g/mol. The standard InChI is InChI=1S/C8H10BClN2O2S/c1-7-2-4-8(5-3-7)15(13,14)12-11-9-6-10/h2-5,12H,6H2,1H3. The second kappa shape index (κ2) is 5.28. The quantitative estimate of drug-likeness (QED) is 0.493. The molecule has 7 heteroatoms. The zero-order chi connectivity index (χ0) is 11.3. The Balaban J connectivity index is 2.87. The summed E-state index contributed by atoms with van der Waals surface area (Å²) in [5.74, 6) is 0.163. The summed E-state index contributed by atoms with van der Waals surface area (Å²) in [6.45, 7) is 1.88. The van der Waals surface area contributed by atoms with Crippen LogP contribution < -0.4 is 4.83 Å². The van der Waals surface area contributed by atoms with E-state index in [1.807, 2.05) is 6.92 Å². The summed E-state index contributed by atoms with van der Waals surface area (Å²) in [5, 5.41) is 3.47. The number of nitrogens with one attached hydrogen (secondary N) is 1. The van der Waals surface area contributed by atoms with Gasteiger partial charge in [0.2, 0.25) is 0 Å². The summed E-state index contributed by atoms with van der Waals surface area (Å²) in [5.41, 5.74) is 0.998. The van der Waals surface area contributed by atoms with E-state index in [1.54, 1.807) is 12.1 Å². The van der Waals surface area contributed by atoms with Crippen molar-refractivity contribution in [1.82, 2.24) is 4.83 Å². The fraction of sp³-hybridized carbons (Fsp3) is 0.250. The minimum absolute atomic E-state index is 0.163. The Kier molecular flexibility index (Phi) is 4.29. The van der Waals surface area contributed by atoms with Crippen LogP contribution in [0, 0.1) is 6.92 Å². The van der Waals surface area contributed by atoms with Crippen LogP contribution in [0.4, 0.5) is 0 Å². The molecule has 0 heterocycles. The van der Waals surface area contributed by atoms with Crippen molar-refractivity contribution in [2.24, 2.45) is 5.00 Å². The molecule has 80 valence electrons. The maximum atomic E-state index is 11.6. The molecule has 0 aromatic heterocycles. The molecule has 0 aliphatic heterocycles. The van der Waals surface area contributed by atoms with Crippen molar-refractivity contribution in [3.63, 3.8) is 0 Å². The Labute approximate surface area is 94.6 Å². The van der Waals surface area contributed by atoms with Crippen LogP contribution in [0.5, 0.6) is 0 Å². The van der Waals surface area contributed by atoms with Crippen molar-refractivity contribution in [2.75, 3.05) is 5.78 Å². The van der Waals surface area contributed by atoms with Crippen LogP contribution >= 0.6 is 11.6 Å². The zero-order valence-electron chi connectivity index (χ0n) is 8.14. The number of hydrogen-bond acceptors (Lipinski definition) is 3. The molecule has 1 N–H and O–H groups in total. The number of aryl methyl sites for hydroxylation is 1. The van der Waals surface area contributed by atoms with Gasteiger partial charge in [0.25, 0.3) is 0 Å². The van der Waals surface area contributed by atoms with E-state index in [0.717, 1.165) is 5.56 Å². The first-order valence-corrected chi connectivity index (χ1v) is 6.24. The molecule has 0 saturated carbocycles. The van der Waals surface area contributed by atoms with Gasteiger partial charge in [-0.25, -0.2) is 0 Å². The van der Waals surface area contributed by atoms with E-state index in [0.29, 0.717) is 0 Å².